The fourth-order valence-corrected chi connectivity index (χ4v) is 4.96. The van der Waals surface area contributed by atoms with E-state index in [1.54, 1.807) is 11.0 Å². The van der Waals surface area contributed by atoms with Crippen LogP contribution in [0.25, 0.3) is 17.2 Å². The van der Waals surface area contributed by atoms with Gasteiger partial charge < -0.3 is 9.32 Å². The number of piperazine rings is 1. The molecule has 0 saturated carbocycles. The van der Waals surface area contributed by atoms with E-state index in [-0.39, 0.29) is 47.0 Å². The number of oxazole rings is 1. The van der Waals surface area contributed by atoms with Crippen LogP contribution in [-0.4, -0.2) is 54.7 Å². The molecule has 30 heavy (non-hydrogen) atoms. The normalized spacial score (nSPS) is 15.9. The van der Waals surface area contributed by atoms with Gasteiger partial charge in [0, 0.05) is 38.3 Å². The number of rotatable bonds is 4. The van der Waals surface area contributed by atoms with Crippen molar-refractivity contribution in [3.8, 4) is 0 Å². The lowest BCUT2D eigenvalue weighted by Crippen LogP contribution is -2.50. The van der Waals surface area contributed by atoms with E-state index in [4.69, 9.17) is 27.6 Å². The average Bonchev–Trinajstić information content (AvgIpc) is 3.17. The Hall–Kier alpha value is -2.39. The zero-order valence-corrected chi connectivity index (χ0v) is 18.0. The molecule has 4 rings (SSSR count). The van der Waals surface area contributed by atoms with Gasteiger partial charge in [0.2, 0.25) is 21.8 Å². The van der Waals surface area contributed by atoms with E-state index < -0.39 is 10.0 Å². The first-order chi connectivity index (χ1) is 14.3. The molecule has 1 aliphatic heterocycles. The summed E-state index contributed by atoms with van der Waals surface area (Å²) in [6.07, 6.45) is 2.90. The van der Waals surface area contributed by atoms with Gasteiger partial charge in [0.05, 0.1) is 14.9 Å². The van der Waals surface area contributed by atoms with Gasteiger partial charge in [-0.1, -0.05) is 35.3 Å². The summed E-state index contributed by atoms with van der Waals surface area (Å²) >= 11 is 11.8. The average molecular weight is 466 g/mol. The Labute approximate surface area is 183 Å². The number of halogens is 2. The quantitative estimate of drug-likeness (QED) is 0.548. The molecule has 1 aliphatic rings. The van der Waals surface area contributed by atoms with Crippen LogP contribution in [0, 0.1) is 0 Å². The molecule has 2 heterocycles. The van der Waals surface area contributed by atoms with Crippen molar-refractivity contribution in [3.63, 3.8) is 0 Å². The van der Waals surface area contributed by atoms with Crippen molar-refractivity contribution in [2.24, 2.45) is 0 Å². The van der Waals surface area contributed by atoms with Crippen molar-refractivity contribution in [2.75, 3.05) is 26.2 Å². The number of hydrogen-bond acceptors (Lipinski definition) is 5. The van der Waals surface area contributed by atoms with Crippen molar-refractivity contribution in [3.05, 3.63) is 64.5 Å². The second-order valence-corrected chi connectivity index (χ2v) is 9.41. The number of carbonyl (C=O) groups is 1. The molecule has 1 aromatic heterocycles. The minimum atomic E-state index is -3.71. The SMILES string of the molecule is O=C(/C=C/c1nc2ccccc2o1)N1CCN(S(=O)(=O)c2ccc(Cl)c(Cl)c2)CC1. The third-order valence-electron chi connectivity index (χ3n) is 4.76. The summed E-state index contributed by atoms with van der Waals surface area (Å²) in [5, 5.41) is 0.465. The van der Waals surface area contributed by atoms with Gasteiger partial charge in [0.1, 0.15) is 5.52 Å². The Morgan fingerprint density at radius 2 is 1.77 bits per heavy atom. The number of sulfonamides is 1. The summed E-state index contributed by atoms with van der Waals surface area (Å²) in [5.74, 6) is 0.106. The van der Waals surface area contributed by atoms with E-state index in [1.807, 2.05) is 18.2 Å². The summed E-state index contributed by atoms with van der Waals surface area (Å²) in [7, 11) is -3.71. The maximum Gasteiger partial charge on any atom is 0.246 e. The van der Waals surface area contributed by atoms with Gasteiger partial charge in [0.25, 0.3) is 0 Å². The van der Waals surface area contributed by atoms with Gasteiger partial charge in [-0.25, -0.2) is 13.4 Å². The number of benzene rings is 2. The Balaban J connectivity index is 1.39. The highest BCUT2D eigenvalue weighted by atomic mass is 35.5. The van der Waals surface area contributed by atoms with Crippen LogP contribution >= 0.6 is 23.2 Å². The molecular formula is C20H17Cl2N3O4S. The van der Waals surface area contributed by atoms with Gasteiger partial charge in [0.15, 0.2) is 5.58 Å². The molecule has 10 heteroatoms. The summed E-state index contributed by atoms with van der Waals surface area (Å²) in [6, 6.07) is 11.5. The fourth-order valence-electron chi connectivity index (χ4n) is 3.14. The van der Waals surface area contributed by atoms with Crippen molar-refractivity contribution >= 4 is 56.3 Å². The molecular weight excluding hydrogens is 449 g/mol. The number of para-hydroxylation sites is 2. The molecule has 1 amide bonds. The second-order valence-electron chi connectivity index (χ2n) is 6.66. The number of aromatic nitrogens is 1. The van der Waals surface area contributed by atoms with Crippen LogP contribution in [0.5, 0.6) is 0 Å². The Kier molecular flexibility index (Phi) is 5.84. The van der Waals surface area contributed by atoms with Crippen LogP contribution in [-0.2, 0) is 14.8 Å². The maximum atomic E-state index is 12.8. The Bertz CT molecular complexity index is 1200. The van der Waals surface area contributed by atoms with Gasteiger partial charge in [-0.2, -0.15) is 4.31 Å². The minimum Gasteiger partial charge on any atom is -0.437 e. The summed E-state index contributed by atoms with van der Waals surface area (Å²) < 4.78 is 32.5. The summed E-state index contributed by atoms with van der Waals surface area (Å²) in [6.45, 7) is 0.921. The predicted octanol–water partition coefficient (Wildman–Crippen LogP) is 3.68. The topological polar surface area (TPSA) is 83.7 Å². The summed E-state index contributed by atoms with van der Waals surface area (Å²) in [5.41, 5.74) is 1.36. The third-order valence-corrected chi connectivity index (χ3v) is 7.39. The van der Waals surface area contributed by atoms with E-state index in [2.05, 4.69) is 4.98 Å². The lowest BCUT2D eigenvalue weighted by molar-refractivity contribution is -0.127. The lowest BCUT2D eigenvalue weighted by Gasteiger charge is -2.33. The van der Waals surface area contributed by atoms with Crippen LogP contribution in [0.15, 0.2) is 57.9 Å². The summed E-state index contributed by atoms with van der Waals surface area (Å²) in [4.78, 5) is 18.4. The molecule has 1 fully saturated rings. The van der Waals surface area contributed by atoms with Crippen LogP contribution in [0.2, 0.25) is 10.0 Å². The molecule has 2 aromatic carbocycles. The van der Waals surface area contributed by atoms with Gasteiger partial charge >= 0.3 is 0 Å². The number of hydrogen-bond donors (Lipinski definition) is 0. The molecule has 3 aromatic rings. The van der Waals surface area contributed by atoms with E-state index in [0.717, 1.165) is 0 Å². The van der Waals surface area contributed by atoms with Crippen molar-refractivity contribution in [2.45, 2.75) is 4.90 Å². The van der Waals surface area contributed by atoms with E-state index >= 15 is 0 Å². The third kappa shape index (κ3) is 4.22. The van der Waals surface area contributed by atoms with Gasteiger partial charge in [-0.05, 0) is 30.3 Å². The van der Waals surface area contributed by atoms with E-state index in [9.17, 15) is 13.2 Å². The highest BCUT2D eigenvalue weighted by Crippen LogP contribution is 2.27. The zero-order chi connectivity index (χ0) is 21.3. The standard InChI is InChI=1S/C20H17Cl2N3O4S/c21-15-6-5-14(13-16(15)22)30(27,28)25-11-9-24(10-12-25)20(26)8-7-19-23-17-3-1-2-4-18(17)29-19/h1-8,13H,9-12H2/b8-7+. The van der Waals surface area contributed by atoms with Crippen molar-refractivity contribution in [1.29, 1.82) is 0 Å². The first-order valence-electron chi connectivity index (χ1n) is 9.12. The second kappa shape index (κ2) is 8.39. The smallest absolute Gasteiger partial charge is 0.246 e. The highest BCUT2D eigenvalue weighted by molar-refractivity contribution is 7.89. The van der Waals surface area contributed by atoms with Crippen LogP contribution in [0.1, 0.15) is 5.89 Å². The fraction of sp³-hybridized carbons (Fsp3) is 0.200. The minimum absolute atomic E-state index is 0.0764. The molecule has 0 atom stereocenters. The van der Waals surface area contributed by atoms with Gasteiger partial charge in [-0.3, -0.25) is 4.79 Å². The monoisotopic (exact) mass is 465 g/mol. The molecule has 0 bridgehead atoms. The zero-order valence-electron chi connectivity index (χ0n) is 15.7. The number of amides is 1. The van der Waals surface area contributed by atoms with Crippen molar-refractivity contribution in [1.82, 2.24) is 14.2 Å². The van der Waals surface area contributed by atoms with E-state index in [1.165, 1.54) is 34.7 Å². The highest BCUT2D eigenvalue weighted by Gasteiger charge is 2.30. The van der Waals surface area contributed by atoms with Crippen molar-refractivity contribution < 1.29 is 17.6 Å². The van der Waals surface area contributed by atoms with Crippen LogP contribution < -0.4 is 0 Å². The van der Waals surface area contributed by atoms with E-state index in [0.29, 0.717) is 17.0 Å². The lowest BCUT2D eigenvalue weighted by atomic mass is 10.3. The predicted molar refractivity (Wildman–Crippen MR) is 115 cm³/mol. The number of carbonyl (C=O) groups excluding carboxylic acids is 1. The van der Waals surface area contributed by atoms with Gasteiger partial charge in [-0.15, -0.1) is 0 Å². The Morgan fingerprint density at radius 3 is 2.47 bits per heavy atom. The molecule has 156 valence electrons. The maximum absolute atomic E-state index is 12.8. The molecule has 7 nitrogen and oxygen atoms in total. The first-order valence-corrected chi connectivity index (χ1v) is 11.3. The molecule has 0 unspecified atom stereocenters. The molecule has 0 spiro atoms. The molecule has 0 aliphatic carbocycles. The van der Waals surface area contributed by atoms with Crippen LogP contribution in [0.3, 0.4) is 0 Å². The number of nitrogens with zero attached hydrogens (tertiary/aromatic N) is 3. The first kappa shape index (κ1) is 20.9. The largest absolute Gasteiger partial charge is 0.437 e. The number of fused-ring (bicyclic) bond motifs is 1. The molecule has 1 saturated heterocycles. The Morgan fingerprint density at radius 1 is 1.03 bits per heavy atom. The molecule has 0 radical (unpaired) electrons. The molecule has 0 N–H and O–H groups in total. The van der Waals surface area contributed by atoms with Crippen LogP contribution in [0.4, 0.5) is 0 Å².